The van der Waals surface area contributed by atoms with Crippen LogP contribution in [0, 0.1) is 24.0 Å². The van der Waals surface area contributed by atoms with Gasteiger partial charge in [0.05, 0.1) is 17.2 Å². The van der Waals surface area contributed by atoms with Crippen molar-refractivity contribution in [2.45, 2.75) is 74.6 Å². The molecule has 0 aliphatic carbocycles. The summed E-state index contributed by atoms with van der Waals surface area (Å²) in [5.41, 5.74) is 10.7. The maximum absolute atomic E-state index is 13.2. The summed E-state index contributed by atoms with van der Waals surface area (Å²) < 4.78 is 15.4. The number of nitro groups is 1. The number of nitrogens with zero attached hydrogens (tertiary/aromatic N) is 5. The summed E-state index contributed by atoms with van der Waals surface area (Å²) in [5.74, 6) is -0.294. The predicted molar refractivity (Wildman–Crippen MR) is 266 cm³/mol. The molecule has 2 aromatic heterocycles. The molecule has 8 rings (SSSR count). The maximum Gasteiger partial charge on any atom is 0.332 e. The first-order valence-electron chi connectivity index (χ1n) is 22.3. The van der Waals surface area contributed by atoms with E-state index < -0.39 is 16.9 Å². The Morgan fingerprint density at radius 1 is 0.632 bits per heavy atom. The number of carbonyl (C=O) groups is 3. The van der Waals surface area contributed by atoms with Gasteiger partial charge in [0.2, 0.25) is 0 Å². The zero-order chi connectivity index (χ0) is 48.8. The standard InChI is InChI=1S/C28H29N3O6.C26H24N2O3/c1-6-30-26-11-7-20(14-24(26)25-15-21(31(33)34)8-12-27(25)30)28(29-37-19(4)32)23-10-9-22(13-17(23)2)36-18(3)16-35-5;1-5-28-24-12-10-19(17(3)27-31-18(4)29)14-22(24)23-15-20(11-13-25(23)28)26(30)21-9-7-6-8-16(21)2/h7-15,18H,6,16H2,1-5H3;6-15H,5H2,1-4H3/b29-28-;27-17+. The largest absolute Gasteiger partial charge is 0.488 e. The van der Waals surface area contributed by atoms with E-state index in [0.717, 1.165) is 72.4 Å². The average molecular weight is 916 g/mol. The molecule has 0 bridgehead atoms. The van der Waals surface area contributed by atoms with E-state index in [4.69, 9.17) is 19.1 Å². The molecule has 8 aromatic rings. The highest BCUT2D eigenvalue weighted by atomic mass is 16.7. The fourth-order valence-corrected chi connectivity index (χ4v) is 8.52. The summed E-state index contributed by atoms with van der Waals surface area (Å²) in [5, 5.41) is 23.2. The lowest BCUT2D eigenvalue weighted by molar-refractivity contribution is -0.384. The van der Waals surface area contributed by atoms with E-state index in [1.807, 2.05) is 125 Å². The third-order valence-electron chi connectivity index (χ3n) is 11.7. The minimum Gasteiger partial charge on any atom is -0.488 e. The summed E-state index contributed by atoms with van der Waals surface area (Å²) in [6.07, 6.45) is -0.119. The number of rotatable bonds is 14. The third-order valence-corrected chi connectivity index (χ3v) is 11.7. The number of nitro benzene ring substituents is 1. The van der Waals surface area contributed by atoms with Crippen molar-refractivity contribution in [2.75, 3.05) is 13.7 Å². The smallest absolute Gasteiger partial charge is 0.332 e. The van der Waals surface area contributed by atoms with Crippen LogP contribution in [0.2, 0.25) is 0 Å². The molecular formula is C54H53N5O9. The first-order chi connectivity index (χ1) is 32.6. The zero-order valence-electron chi connectivity index (χ0n) is 39.6. The number of ketones is 1. The molecule has 0 saturated heterocycles. The minimum atomic E-state index is -0.539. The molecule has 14 heteroatoms. The van der Waals surface area contributed by atoms with Crippen LogP contribution in [0.15, 0.2) is 126 Å². The normalized spacial score (nSPS) is 12.2. The van der Waals surface area contributed by atoms with Gasteiger partial charge in [-0.15, -0.1) is 0 Å². The van der Waals surface area contributed by atoms with Crippen molar-refractivity contribution in [3.8, 4) is 5.75 Å². The fraction of sp³-hybridized carbons (Fsp3) is 0.241. The molecule has 0 spiro atoms. The lowest BCUT2D eigenvalue weighted by Crippen LogP contribution is -2.18. The van der Waals surface area contributed by atoms with Crippen molar-refractivity contribution in [2.24, 2.45) is 10.3 Å². The Morgan fingerprint density at radius 2 is 1.16 bits per heavy atom. The van der Waals surface area contributed by atoms with Crippen molar-refractivity contribution in [1.29, 1.82) is 0 Å². The SMILES string of the molecule is CCn1c2ccc(/C(=N/OC(C)=O)c3ccc(OC(C)COC)cc3C)cc2c2cc([N+](=O)[O-])ccc21.CCn1c2ccc(C(=O)c3ccccc3C)cc2c2cc(/C(C)=N/OC(C)=O)ccc21. The van der Waals surface area contributed by atoms with Crippen LogP contribution in [0.25, 0.3) is 43.6 Å². The average Bonchev–Trinajstić information content (AvgIpc) is 3.81. The molecule has 0 aliphatic heterocycles. The van der Waals surface area contributed by atoms with Gasteiger partial charge in [-0.25, -0.2) is 9.59 Å². The second-order valence-corrected chi connectivity index (χ2v) is 16.4. The molecule has 6 aromatic carbocycles. The number of ether oxygens (including phenoxy) is 2. The number of methoxy groups -OCH3 is 1. The second kappa shape index (κ2) is 20.7. The molecular weight excluding hydrogens is 863 g/mol. The summed E-state index contributed by atoms with van der Waals surface area (Å²) >= 11 is 0. The van der Waals surface area contributed by atoms with E-state index in [9.17, 15) is 24.5 Å². The topological polar surface area (TPSA) is 166 Å². The van der Waals surface area contributed by atoms with E-state index in [-0.39, 0.29) is 17.6 Å². The molecule has 0 fully saturated rings. The Hall–Kier alpha value is -7.97. The van der Waals surface area contributed by atoms with Crippen LogP contribution < -0.4 is 4.74 Å². The molecule has 0 radical (unpaired) electrons. The Balaban J connectivity index is 0.000000204. The van der Waals surface area contributed by atoms with Crippen LogP contribution in [0.3, 0.4) is 0 Å². The van der Waals surface area contributed by atoms with Gasteiger partial charge in [-0.3, -0.25) is 14.9 Å². The summed E-state index contributed by atoms with van der Waals surface area (Å²) in [4.78, 5) is 56.8. The first-order valence-corrected chi connectivity index (χ1v) is 22.3. The lowest BCUT2D eigenvalue weighted by Gasteiger charge is -2.16. The van der Waals surface area contributed by atoms with E-state index in [0.29, 0.717) is 47.0 Å². The van der Waals surface area contributed by atoms with Gasteiger partial charge < -0.3 is 28.3 Å². The van der Waals surface area contributed by atoms with Gasteiger partial charge in [-0.05, 0) is 125 Å². The van der Waals surface area contributed by atoms with Gasteiger partial charge in [0.25, 0.3) is 5.69 Å². The highest BCUT2D eigenvalue weighted by Gasteiger charge is 2.20. The molecule has 348 valence electrons. The number of fused-ring (bicyclic) bond motifs is 6. The van der Waals surface area contributed by atoms with Crippen LogP contribution in [-0.2, 0) is 37.1 Å². The van der Waals surface area contributed by atoms with E-state index >= 15 is 0 Å². The van der Waals surface area contributed by atoms with Gasteiger partial charge in [0.15, 0.2) is 5.78 Å². The summed E-state index contributed by atoms with van der Waals surface area (Å²) in [6.45, 7) is 16.3. The molecule has 0 saturated carbocycles. The second-order valence-electron chi connectivity index (χ2n) is 16.4. The number of aromatic nitrogens is 2. The van der Waals surface area contributed by atoms with Gasteiger partial charge in [0, 0.05) is 112 Å². The molecule has 14 nitrogen and oxygen atoms in total. The van der Waals surface area contributed by atoms with Crippen molar-refractivity contribution in [3.63, 3.8) is 0 Å². The van der Waals surface area contributed by atoms with Crippen LogP contribution in [0.1, 0.15) is 85.3 Å². The Morgan fingerprint density at radius 3 is 1.72 bits per heavy atom. The molecule has 2 heterocycles. The molecule has 1 atom stereocenters. The van der Waals surface area contributed by atoms with Crippen LogP contribution >= 0.6 is 0 Å². The molecule has 0 N–H and O–H groups in total. The molecule has 0 amide bonds. The number of non-ortho nitro benzene ring substituents is 1. The van der Waals surface area contributed by atoms with Crippen molar-refractivity contribution in [3.05, 3.63) is 164 Å². The van der Waals surface area contributed by atoms with Crippen LogP contribution in [-0.4, -0.2) is 63.0 Å². The first kappa shape index (κ1) is 48.0. The number of benzene rings is 6. The van der Waals surface area contributed by atoms with Crippen molar-refractivity contribution in [1.82, 2.24) is 9.13 Å². The fourth-order valence-electron chi connectivity index (χ4n) is 8.52. The minimum absolute atomic E-state index is 0.0150. The summed E-state index contributed by atoms with van der Waals surface area (Å²) in [7, 11) is 1.62. The Kier molecular flexibility index (Phi) is 14.6. The third kappa shape index (κ3) is 10.1. The van der Waals surface area contributed by atoms with Gasteiger partial charge in [0.1, 0.15) is 17.6 Å². The Labute approximate surface area is 393 Å². The maximum atomic E-state index is 13.2. The number of hydrogen-bond donors (Lipinski definition) is 0. The highest BCUT2D eigenvalue weighted by Crippen LogP contribution is 2.35. The lowest BCUT2D eigenvalue weighted by atomic mass is 9.96. The molecule has 0 aliphatic rings. The van der Waals surface area contributed by atoms with Crippen LogP contribution in [0.4, 0.5) is 5.69 Å². The number of oxime groups is 2. The number of hydrogen-bond acceptors (Lipinski definition) is 11. The van der Waals surface area contributed by atoms with Crippen molar-refractivity contribution < 1.29 is 38.5 Å². The highest BCUT2D eigenvalue weighted by molar-refractivity contribution is 6.18. The van der Waals surface area contributed by atoms with Crippen LogP contribution in [0.5, 0.6) is 5.75 Å². The molecule has 1 unspecified atom stereocenters. The van der Waals surface area contributed by atoms with E-state index in [2.05, 4.69) is 26.4 Å². The summed E-state index contributed by atoms with van der Waals surface area (Å²) in [6, 6.07) is 35.9. The van der Waals surface area contributed by atoms with Gasteiger partial charge in [-0.2, -0.15) is 0 Å². The van der Waals surface area contributed by atoms with Gasteiger partial charge >= 0.3 is 11.9 Å². The number of aryl methyl sites for hydroxylation is 4. The van der Waals surface area contributed by atoms with E-state index in [1.54, 1.807) is 26.2 Å². The quantitative estimate of drug-likeness (QED) is 0.0339. The monoisotopic (exact) mass is 915 g/mol. The zero-order valence-corrected chi connectivity index (χ0v) is 39.6. The predicted octanol–water partition coefficient (Wildman–Crippen LogP) is 11.4. The van der Waals surface area contributed by atoms with E-state index in [1.165, 1.54) is 19.9 Å². The number of carbonyl (C=O) groups excluding carboxylic acids is 3. The Bertz CT molecular complexity index is 3320. The van der Waals surface area contributed by atoms with Gasteiger partial charge in [-0.1, -0.05) is 46.7 Å². The molecule has 68 heavy (non-hydrogen) atoms. The van der Waals surface area contributed by atoms with Crippen molar-refractivity contribution >= 4 is 78.4 Å².